The summed E-state index contributed by atoms with van der Waals surface area (Å²) in [6, 6.07) is 12.7. The zero-order valence-electron chi connectivity index (χ0n) is 17.8. The summed E-state index contributed by atoms with van der Waals surface area (Å²) < 4.78 is 26.9. The van der Waals surface area contributed by atoms with Crippen LogP contribution >= 0.6 is 0 Å². The van der Waals surface area contributed by atoms with Crippen molar-refractivity contribution in [2.75, 3.05) is 11.9 Å². The van der Waals surface area contributed by atoms with Crippen molar-refractivity contribution >= 4 is 32.4 Å². The van der Waals surface area contributed by atoms with Gasteiger partial charge in [0.05, 0.1) is 0 Å². The Morgan fingerprint density at radius 1 is 1.03 bits per heavy atom. The fourth-order valence-corrected chi connectivity index (χ4v) is 5.20. The van der Waals surface area contributed by atoms with E-state index in [1.54, 1.807) is 18.2 Å². The maximum absolute atomic E-state index is 13.1. The first-order valence-electron chi connectivity index (χ1n) is 9.77. The molecule has 2 amide bonds. The summed E-state index contributed by atoms with van der Waals surface area (Å²) in [5.41, 5.74) is 4.05. The van der Waals surface area contributed by atoms with Crippen LogP contribution in [-0.2, 0) is 19.6 Å². The lowest BCUT2D eigenvalue weighted by Crippen LogP contribution is -2.38. The average Bonchev–Trinajstić information content (AvgIpc) is 2.84. The first kappa shape index (κ1) is 21.8. The van der Waals surface area contributed by atoms with Crippen molar-refractivity contribution in [3.8, 4) is 0 Å². The third kappa shape index (κ3) is 4.03. The molecule has 0 spiro atoms. The maximum atomic E-state index is 13.1. The van der Waals surface area contributed by atoms with E-state index >= 15 is 0 Å². The molecule has 0 saturated carbocycles. The SMILES string of the molecule is CC1=C(c2ccc(C(C)C)cc2)S(=O)(=O)N(CC(=O)Nc2cc(C)ccc2C)C1=O. The van der Waals surface area contributed by atoms with Crippen LogP contribution in [0.15, 0.2) is 48.0 Å². The highest BCUT2D eigenvalue weighted by atomic mass is 32.2. The second kappa shape index (κ2) is 8.07. The molecule has 0 aromatic heterocycles. The van der Waals surface area contributed by atoms with E-state index in [1.165, 1.54) is 6.92 Å². The molecule has 0 radical (unpaired) electrons. The third-order valence-corrected chi connectivity index (χ3v) is 7.16. The van der Waals surface area contributed by atoms with Gasteiger partial charge in [0.1, 0.15) is 11.4 Å². The number of carbonyl (C=O) groups excluding carboxylic acids is 2. The Kier molecular flexibility index (Phi) is 5.85. The van der Waals surface area contributed by atoms with Crippen LogP contribution in [0.4, 0.5) is 5.69 Å². The summed E-state index contributed by atoms with van der Waals surface area (Å²) >= 11 is 0. The van der Waals surface area contributed by atoms with Crippen LogP contribution in [0.2, 0.25) is 0 Å². The van der Waals surface area contributed by atoms with Crippen molar-refractivity contribution in [2.45, 2.75) is 40.5 Å². The van der Waals surface area contributed by atoms with E-state index in [2.05, 4.69) is 5.32 Å². The van der Waals surface area contributed by atoms with Crippen LogP contribution < -0.4 is 5.32 Å². The second-order valence-electron chi connectivity index (χ2n) is 7.91. The minimum Gasteiger partial charge on any atom is -0.324 e. The van der Waals surface area contributed by atoms with Crippen LogP contribution in [0.5, 0.6) is 0 Å². The summed E-state index contributed by atoms with van der Waals surface area (Å²) in [6.45, 7) is 8.75. The minimum absolute atomic E-state index is 0.0395. The summed E-state index contributed by atoms with van der Waals surface area (Å²) in [5, 5.41) is 2.71. The molecular weight excluding hydrogens is 400 g/mol. The fourth-order valence-electron chi connectivity index (χ4n) is 3.43. The van der Waals surface area contributed by atoms with Crippen molar-refractivity contribution in [3.05, 3.63) is 70.3 Å². The maximum Gasteiger partial charge on any atom is 0.268 e. The van der Waals surface area contributed by atoms with E-state index in [-0.39, 0.29) is 10.5 Å². The first-order chi connectivity index (χ1) is 14.0. The number of hydrogen-bond acceptors (Lipinski definition) is 4. The molecule has 0 unspecified atom stereocenters. The van der Waals surface area contributed by atoms with Gasteiger partial charge in [-0.05, 0) is 55.0 Å². The van der Waals surface area contributed by atoms with Crippen molar-refractivity contribution in [2.24, 2.45) is 0 Å². The van der Waals surface area contributed by atoms with Gasteiger partial charge in [0.25, 0.3) is 15.9 Å². The van der Waals surface area contributed by atoms with Crippen LogP contribution in [-0.4, -0.2) is 31.1 Å². The summed E-state index contributed by atoms with van der Waals surface area (Å²) in [7, 11) is -4.12. The van der Waals surface area contributed by atoms with Crippen molar-refractivity contribution in [3.63, 3.8) is 0 Å². The van der Waals surface area contributed by atoms with Gasteiger partial charge < -0.3 is 5.32 Å². The predicted molar refractivity (Wildman–Crippen MR) is 118 cm³/mol. The Bertz CT molecular complexity index is 1150. The molecule has 0 bridgehead atoms. The van der Waals surface area contributed by atoms with Gasteiger partial charge in [-0.2, -0.15) is 0 Å². The molecule has 6 nitrogen and oxygen atoms in total. The average molecular weight is 427 g/mol. The van der Waals surface area contributed by atoms with E-state index in [1.807, 2.05) is 52.0 Å². The number of anilines is 1. The molecule has 0 aliphatic carbocycles. The van der Waals surface area contributed by atoms with Gasteiger partial charge >= 0.3 is 0 Å². The minimum atomic E-state index is -4.12. The number of nitrogens with zero attached hydrogens (tertiary/aromatic N) is 1. The zero-order chi connectivity index (χ0) is 22.2. The summed E-state index contributed by atoms with van der Waals surface area (Å²) in [5.74, 6) is -0.930. The molecule has 0 saturated heterocycles. The first-order valence-corrected chi connectivity index (χ1v) is 11.2. The van der Waals surface area contributed by atoms with Crippen molar-refractivity contribution in [1.29, 1.82) is 0 Å². The summed E-state index contributed by atoms with van der Waals surface area (Å²) in [6.07, 6.45) is 0. The molecule has 7 heteroatoms. The number of carbonyl (C=O) groups is 2. The Morgan fingerprint density at radius 3 is 2.27 bits per heavy atom. The molecular formula is C23H26N2O4S. The monoisotopic (exact) mass is 426 g/mol. The van der Waals surface area contributed by atoms with Gasteiger partial charge in [0, 0.05) is 11.3 Å². The third-order valence-electron chi connectivity index (χ3n) is 5.23. The van der Waals surface area contributed by atoms with E-state index in [4.69, 9.17) is 0 Å². The largest absolute Gasteiger partial charge is 0.324 e. The molecule has 1 aliphatic rings. The number of benzene rings is 2. The molecule has 1 aliphatic heterocycles. The molecule has 1 heterocycles. The highest BCUT2D eigenvalue weighted by Gasteiger charge is 2.43. The standard InChI is InChI=1S/C23H26N2O4S/c1-14(2)18-8-10-19(11-9-18)22-17(5)23(27)25(30(22,28)29)13-21(26)24-20-12-15(3)6-7-16(20)4/h6-12,14H,13H2,1-5H3,(H,24,26). The lowest BCUT2D eigenvalue weighted by Gasteiger charge is -2.17. The number of aryl methyl sites for hydroxylation is 2. The normalized spacial score (nSPS) is 15.8. The molecule has 3 rings (SSSR count). The quantitative estimate of drug-likeness (QED) is 0.784. The van der Waals surface area contributed by atoms with E-state index in [0.29, 0.717) is 21.5 Å². The van der Waals surface area contributed by atoms with Crippen LogP contribution in [0.3, 0.4) is 0 Å². The van der Waals surface area contributed by atoms with Gasteiger partial charge in [0.15, 0.2) is 0 Å². The lowest BCUT2D eigenvalue weighted by molar-refractivity contribution is -0.126. The number of amides is 2. The molecule has 158 valence electrons. The highest BCUT2D eigenvalue weighted by molar-refractivity contribution is 7.99. The molecule has 2 aromatic carbocycles. The lowest BCUT2D eigenvalue weighted by atomic mass is 10.0. The Hall–Kier alpha value is -2.93. The second-order valence-corrected chi connectivity index (χ2v) is 9.71. The highest BCUT2D eigenvalue weighted by Crippen LogP contribution is 2.35. The van der Waals surface area contributed by atoms with Gasteiger partial charge in [-0.3, -0.25) is 9.59 Å². The Labute approximate surface area is 177 Å². The van der Waals surface area contributed by atoms with E-state index in [0.717, 1.165) is 16.7 Å². The topological polar surface area (TPSA) is 83.6 Å². The smallest absolute Gasteiger partial charge is 0.268 e. The Morgan fingerprint density at radius 2 is 1.67 bits per heavy atom. The molecule has 0 atom stereocenters. The van der Waals surface area contributed by atoms with Crippen molar-refractivity contribution in [1.82, 2.24) is 4.31 Å². The van der Waals surface area contributed by atoms with E-state index < -0.39 is 28.4 Å². The van der Waals surface area contributed by atoms with Gasteiger partial charge in [-0.1, -0.05) is 50.2 Å². The van der Waals surface area contributed by atoms with Gasteiger partial charge in [-0.25, -0.2) is 12.7 Å². The number of nitrogens with one attached hydrogen (secondary N) is 1. The molecule has 1 N–H and O–H groups in total. The number of rotatable bonds is 5. The van der Waals surface area contributed by atoms with Crippen LogP contribution in [0, 0.1) is 13.8 Å². The van der Waals surface area contributed by atoms with Gasteiger partial charge in [0.2, 0.25) is 5.91 Å². The molecule has 30 heavy (non-hydrogen) atoms. The van der Waals surface area contributed by atoms with Crippen LogP contribution in [0.1, 0.15) is 48.9 Å². The number of hydrogen-bond donors (Lipinski definition) is 1. The fraction of sp³-hybridized carbons (Fsp3) is 0.304. The van der Waals surface area contributed by atoms with E-state index in [9.17, 15) is 18.0 Å². The molecule has 0 fully saturated rings. The zero-order valence-corrected chi connectivity index (χ0v) is 18.6. The predicted octanol–water partition coefficient (Wildman–Crippen LogP) is 3.97. The Balaban J connectivity index is 1.85. The van der Waals surface area contributed by atoms with Crippen molar-refractivity contribution < 1.29 is 18.0 Å². The van der Waals surface area contributed by atoms with Gasteiger partial charge in [-0.15, -0.1) is 0 Å². The summed E-state index contributed by atoms with van der Waals surface area (Å²) in [4.78, 5) is 25.2. The number of sulfonamides is 1. The molecule has 2 aromatic rings. The van der Waals surface area contributed by atoms with Crippen LogP contribution in [0.25, 0.3) is 4.91 Å².